The highest BCUT2D eigenvalue weighted by molar-refractivity contribution is 5.70. The number of pyridine rings is 1. The van der Waals surface area contributed by atoms with Crippen LogP contribution in [0.2, 0.25) is 0 Å². The predicted octanol–water partition coefficient (Wildman–Crippen LogP) is 3.46. The van der Waals surface area contributed by atoms with Crippen LogP contribution in [0.1, 0.15) is 12.6 Å². The van der Waals surface area contributed by atoms with E-state index in [0.717, 1.165) is 22.6 Å². The lowest BCUT2D eigenvalue weighted by molar-refractivity contribution is 0.341. The minimum atomic E-state index is 0.682. The third-order valence-electron chi connectivity index (χ3n) is 2.39. The second kappa shape index (κ2) is 4.79. The van der Waals surface area contributed by atoms with Crippen LogP contribution in [-0.4, -0.2) is 11.6 Å². The van der Waals surface area contributed by atoms with Crippen molar-refractivity contribution in [2.75, 3.05) is 6.61 Å². The van der Waals surface area contributed by atoms with Gasteiger partial charge in [0.05, 0.1) is 6.61 Å². The summed E-state index contributed by atoms with van der Waals surface area (Å²) in [5.74, 6) is 0.926. The Morgan fingerprint density at radius 2 is 2.00 bits per heavy atom. The molecule has 2 aromatic rings. The summed E-state index contributed by atoms with van der Waals surface area (Å²) >= 11 is 0. The Morgan fingerprint density at radius 3 is 2.75 bits per heavy atom. The number of benzene rings is 1. The molecule has 0 radical (unpaired) electrons. The molecule has 2 nitrogen and oxygen atoms in total. The van der Waals surface area contributed by atoms with E-state index in [1.165, 1.54) is 0 Å². The Morgan fingerprint density at radius 1 is 1.19 bits per heavy atom. The zero-order valence-electron chi connectivity index (χ0n) is 9.60. The first-order valence-electron chi connectivity index (χ1n) is 5.46. The monoisotopic (exact) mass is 213 g/mol. The smallest absolute Gasteiger partial charge is 0.127 e. The summed E-state index contributed by atoms with van der Waals surface area (Å²) in [6.45, 7) is 4.67. The number of para-hydroxylation sites is 1. The molecule has 1 aromatic carbocycles. The van der Waals surface area contributed by atoms with Crippen LogP contribution in [0.25, 0.3) is 11.1 Å². The highest BCUT2D eigenvalue weighted by Gasteiger charge is 2.04. The van der Waals surface area contributed by atoms with Crippen LogP contribution >= 0.6 is 0 Å². The molecule has 16 heavy (non-hydrogen) atoms. The molecule has 0 bridgehead atoms. The highest BCUT2D eigenvalue weighted by atomic mass is 16.5. The van der Waals surface area contributed by atoms with Crippen molar-refractivity contribution in [3.05, 3.63) is 48.3 Å². The Balaban J connectivity index is 2.46. The van der Waals surface area contributed by atoms with Crippen LogP contribution in [0.15, 0.2) is 42.6 Å². The largest absolute Gasteiger partial charge is 0.493 e. The van der Waals surface area contributed by atoms with Gasteiger partial charge in [-0.15, -0.1) is 0 Å². The first-order chi connectivity index (χ1) is 7.81. The topological polar surface area (TPSA) is 22.1 Å². The molecule has 0 N–H and O–H groups in total. The van der Waals surface area contributed by atoms with Gasteiger partial charge in [0.25, 0.3) is 0 Å². The van der Waals surface area contributed by atoms with E-state index in [1.807, 2.05) is 44.3 Å². The maximum Gasteiger partial charge on any atom is 0.127 e. The second-order valence-electron chi connectivity index (χ2n) is 3.62. The Labute approximate surface area is 95.9 Å². The average molecular weight is 213 g/mol. The fraction of sp³-hybridized carbons (Fsp3) is 0.214. The molecule has 0 aliphatic heterocycles. The number of aromatic nitrogens is 1. The molecule has 2 heteroatoms. The van der Waals surface area contributed by atoms with Crippen molar-refractivity contribution >= 4 is 0 Å². The van der Waals surface area contributed by atoms with Crippen molar-refractivity contribution in [1.29, 1.82) is 0 Å². The molecular formula is C14H15NO. The number of hydrogen-bond donors (Lipinski definition) is 0. The fourth-order valence-electron chi connectivity index (χ4n) is 1.70. The van der Waals surface area contributed by atoms with Crippen molar-refractivity contribution in [3.8, 4) is 16.9 Å². The van der Waals surface area contributed by atoms with Gasteiger partial charge in [-0.05, 0) is 37.6 Å². The minimum absolute atomic E-state index is 0.682. The van der Waals surface area contributed by atoms with E-state index in [-0.39, 0.29) is 0 Å². The van der Waals surface area contributed by atoms with E-state index in [4.69, 9.17) is 4.74 Å². The minimum Gasteiger partial charge on any atom is -0.493 e. The third kappa shape index (κ3) is 2.22. The maximum atomic E-state index is 5.61. The van der Waals surface area contributed by atoms with Crippen LogP contribution in [0.4, 0.5) is 0 Å². The normalized spacial score (nSPS) is 10.1. The fourth-order valence-corrected chi connectivity index (χ4v) is 1.70. The Kier molecular flexibility index (Phi) is 3.20. The zero-order chi connectivity index (χ0) is 11.4. The van der Waals surface area contributed by atoms with Gasteiger partial charge in [0.1, 0.15) is 5.75 Å². The summed E-state index contributed by atoms with van der Waals surface area (Å²) in [6, 6.07) is 12.1. The molecule has 82 valence electrons. The summed E-state index contributed by atoms with van der Waals surface area (Å²) < 4.78 is 5.61. The number of ether oxygens (including phenoxy) is 1. The Hall–Kier alpha value is -1.83. The molecule has 0 amide bonds. The molecule has 0 saturated heterocycles. The van der Waals surface area contributed by atoms with Crippen LogP contribution in [0.5, 0.6) is 5.75 Å². The van der Waals surface area contributed by atoms with Crippen LogP contribution in [-0.2, 0) is 0 Å². The first kappa shape index (κ1) is 10.7. The van der Waals surface area contributed by atoms with E-state index in [2.05, 4.69) is 17.1 Å². The van der Waals surface area contributed by atoms with Gasteiger partial charge in [-0.1, -0.05) is 18.2 Å². The molecule has 0 aliphatic rings. The summed E-state index contributed by atoms with van der Waals surface area (Å²) in [7, 11) is 0. The summed E-state index contributed by atoms with van der Waals surface area (Å²) in [5.41, 5.74) is 3.29. The van der Waals surface area contributed by atoms with Gasteiger partial charge in [-0.2, -0.15) is 0 Å². The van der Waals surface area contributed by atoms with Crippen LogP contribution < -0.4 is 4.74 Å². The van der Waals surface area contributed by atoms with Gasteiger partial charge < -0.3 is 4.74 Å². The lowest BCUT2D eigenvalue weighted by Crippen LogP contribution is -1.94. The molecule has 0 fully saturated rings. The summed E-state index contributed by atoms with van der Waals surface area (Å²) in [5, 5.41) is 0. The first-order valence-corrected chi connectivity index (χ1v) is 5.46. The molecule has 2 rings (SSSR count). The number of aryl methyl sites for hydroxylation is 1. The second-order valence-corrected chi connectivity index (χ2v) is 3.62. The standard InChI is InChI=1S/C14H15NO/c1-3-16-14-7-5-4-6-13(14)12-8-9-15-11(2)10-12/h4-10H,3H2,1-2H3. The summed E-state index contributed by atoms with van der Waals surface area (Å²) in [6.07, 6.45) is 1.83. The lowest BCUT2D eigenvalue weighted by atomic mass is 10.1. The molecule has 0 spiro atoms. The molecular weight excluding hydrogens is 198 g/mol. The van der Waals surface area contributed by atoms with Crippen molar-refractivity contribution in [2.24, 2.45) is 0 Å². The third-order valence-corrected chi connectivity index (χ3v) is 2.39. The van der Waals surface area contributed by atoms with Gasteiger partial charge in [-0.25, -0.2) is 0 Å². The van der Waals surface area contributed by atoms with Crippen molar-refractivity contribution in [2.45, 2.75) is 13.8 Å². The molecule has 0 saturated carbocycles. The Bertz CT molecular complexity index is 480. The molecule has 0 unspecified atom stereocenters. The molecule has 0 atom stereocenters. The van der Waals surface area contributed by atoms with Gasteiger partial charge >= 0.3 is 0 Å². The molecule has 0 aliphatic carbocycles. The van der Waals surface area contributed by atoms with Crippen molar-refractivity contribution in [1.82, 2.24) is 4.98 Å². The van der Waals surface area contributed by atoms with E-state index >= 15 is 0 Å². The van der Waals surface area contributed by atoms with Crippen molar-refractivity contribution in [3.63, 3.8) is 0 Å². The van der Waals surface area contributed by atoms with Crippen molar-refractivity contribution < 1.29 is 4.74 Å². The summed E-state index contributed by atoms with van der Waals surface area (Å²) in [4.78, 5) is 4.20. The maximum absolute atomic E-state index is 5.61. The SMILES string of the molecule is CCOc1ccccc1-c1ccnc(C)c1. The van der Waals surface area contributed by atoms with E-state index in [0.29, 0.717) is 6.61 Å². The quantitative estimate of drug-likeness (QED) is 0.779. The van der Waals surface area contributed by atoms with Gasteiger partial charge in [0, 0.05) is 17.5 Å². The van der Waals surface area contributed by atoms with E-state index < -0.39 is 0 Å². The van der Waals surface area contributed by atoms with Gasteiger partial charge in [0.15, 0.2) is 0 Å². The van der Waals surface area contributed by atoms with Gasteiger partial charge in [0.2, 0.25) is 0 Å². The average Bonchev–Trinajstić information content (AvgIpc) is 2.30. The lowest BCUT2D eigenvalue weighted by Gasteiger charge is -2.10. The predicted molar refractivity (Wildman–Crippen MR) is 65.6 cm³/mol. The number of hydrogen-bond acceptors (Lipinski definition) is 2. The van der Waals surface area contributed by atoms with E-state index in [1.54, 1.807) is 0 Å². The number of nitrogens with zero attached hydrogens (tertiary/aromatic N) is 1. The molecule has 1 heterocycles. The van der Waals surface area contributed by atoms with E-state index in [9.17, 15) is 0 Å². The van der Waals surface area contributed by atoms with Gasteiger partial charge in [-0.3, -0.25) is 4.98 Å². The zero-order valence-corrected chi connectivity index (χ0v) is 9.60. The highest BCUT2D eigenvalue weighted by Crippen LogP contribution is 2.29. The van der Waals surface area contributed by atoms with Crippen LogP contribution in [0.3, 0.4) is 0 Å². The number of rotatable bonds is 3. The molecule has 1 aromatic heterocycles. The van der Waals surface area contributed by atoms with Crippen LogP contribution in [0, 0.1) is 6.92 Å².